The van der Waals surface area contributed by atoms with Gasteiger partial charge in [0.15, 0.2) is 0 Å². The number of nitrogens with zero attached hydrogens (tertiary/aromatic N) is 1. The smallest absolute Gasteiger partial charge is 0.148 e. The molecule has 1 aliphatic carbocycles. The fourth-order valence-electron chi connectivity index (χ4n) is 3.72. The van der Waals surface area contributed by atoms with Crippen LogP contribution in [0.25, 0.3) is 0 Å². The number of Topliss-reactive ketones (excluding diaryl/α,β-unsaturated/α-hetero) is 1. The summed E-state index contributed by atoms with van der Waals surface area (Å²) in [6.07, 6.45) is 6.73. The first-order valence-electron chi connectivity index (χ1n) is 7.46. The summed E-state index contributed by atoms with van der Waals surface area (Å²) in [5, 5.41) is 3.37. The Morgan fingerprint density at radius 1 is 1.47 bits per heavy atom. The molecule has 3 rings (SSSR count). The summed E-state index contributed by atoms with van der Waals surface area (Å²) in [4.78, 5) is 17.5. The van der Waals surface area contributed by atoms with Crippen LogP contribution in [-0.4, -0.2) is 23.9 Å². The molecule has 0 radical (unpaired) electrons. The Morgan fingerprint density at radius 2 is 2.26 bits per heavy atom. The lowest BCUT2D eigenvalue weighted by atomic mass is 9.69. The molecule has 1 N–H and O–H groups in total. The van der Waals surface area contributed by atoms with E-state index in [1.165, 1.54) is 5.56 Å². The van der Waals surface area contributed by atoms with E-state index in [-0.39, 0.29) is 11.3 Å². The van der Waals surface area contributed by atoms with Gasteiger partial charge in [0.1, 0.15) is 5.78 Å². The molecule has 0 amide bonds. The van der Waals surface area contributed by atoms with Crippen molar-refractivity contribution in [1.29, 1.82) is 0 Å². The van der Waals surface area contributed by atoms with E-state index in [4.69, 9.17) is 0 Å². The Kier molecular flexibility index (Phi) is 3.40. The number of carbonyl (C=O) groups excluding carboxylic acids is 1. The van der Waals surface area contributed by atoms with Gasteiger partial charge in [-0.3, -0.25) is 9.78 Å². The maximum absolute atomic E-state index is 13.0. The molecule has 3 heteroatoms. The number of ketones is 1. The Hall–Kier alpha value is -1.22. The van der Waals surface area contributed by atoms with Crippen LogP contribution in [0.2, 0.25) is 0 Å². The maximum atomic E-state index is 13.0. The molecule has 0 bridgehead atoms. The molecule has 0 aromatic carbocycles. The van der Waals surface area contributed by atoms with Crippen molar-refractivity contribution in [3.8, 4) is 0 Å². The number of hydrogen-bond acceptors (Lipinski definition) is 3. The average Bonchev–Trinajstić information content (AvgIpc) is 2.91. The van der Waals surface area contributed by atoms with Crippen LogP contribution in [0.1, 0.15) is 49.8 Å². The van der Waals surface area contributed by atoms with Gasteiger partial charge in [-0.05, 0) is 56.8 Å². The van der Waals surface area contributed by atoms with Gasteiger partial charge >= 0.3 is 0 Å². The molecule has 1 aromatic heterocycles. The molecule has 102 valence electrons. The molecule has 2 aliphatic rings. The summed E-state index contributed by atoms with van der Waals surface area (Å²) in [5.74, 6) is 0.503. The van der Waals surface area contributed by atoms with E-state index >= 15 is 0 Å². The molecular weight excluding hydrogens is 236 g/mol. The lowest BCUT2D eigenvalue weighted by Crippen LogP contribution is -2.43. The first-order valence-corrected chi connectivity index (χ1v) is 7.46. The molecule has 1 saturated heterocycles. The summed E-state index contributed by atoms with van der Waals surface area (Å²) in [6, 6.07) is 4.10. The van der Waals surface area contributed by atoms with E-state index < -0.39 is 0 Å². The van der Waals surface area contributed by atoms with Crippen molar-refractivity contribution in [3.63, 3.8) is 0 Å². The van der Waals surface area contributed by atoms with Crippen molar-refractivity contribution < 1.29 is 4.79 Å². The highest BCUT2D eigenvalue weighted by Crippen LogP contribution is 2.42. The van der Waals surface area contributed by atoms with Gasteiger partial charge < -0.3 is 5.32 Å². The van der Waals surface area contributed by atoms with Gasteiger partial charge in [-0.15, -0.1) is 0 Å². The van der Waals surface area contributed by atoms with E-state index in [2.05, 4.69) is 23.3 Å². The number of nitrogens with one attached hydrogen (secondary N) is 1. The Balaban J connectivity index is 1.88. The van der Waals surface area contributed by atoms with Crippen LogP contribution >= 0.6 is 0 Å². The van der Waals surface area contributed by atoms with Crippen molar-refractivity contribution in [2.45, 2.75) is 44.9 Å². The van der Waals surface area contributed by atoms with Crippen molar-refractivity contribution in [3.05, 3.63) is 29.6 Å². The van der Waals surface area contributed by atoms with Crippen molar-refractivity contribution in [2.75, 3.05) is 13.1 Å². The Labute approximate surface area is 114 Å². The second-order valence-corrected chi connectivity index (χ2v) is 5.89. The summed E-state index contributed by atoms with van der Waals surface area (Å²) in [6.45, 7) is 4.11. The van der Waals surface area contributed by atoms with E-state index in [1.54, 1.807) is 0 Å². The zero-order valence-corrected chi connectivity index (χ0v) is 11.6. The number of aromatic nitrogens is 1. The second-order valence-electron chi connectivity index (χ2n) is 5.89. The second kappa shape index (κ2) is 5.04. The van der Waals surface area contributed by atoms with Crippen molar-refractivity contribution in [1.82, 2.24) is 10.3 Å². The molecule has 1 atom stereocenters. The number of fused-ring (bicyclic) bond motifs is 1. The quantitative estimate of drug-likeness (QED) is 0.905. The molecular formula is C16H22N2O. The predicted octanol–water partition coefficient (Wildman–Crippen LogP) is 2.46. The summed E-state index contributed by atoms with van der Waals surface area (Å²) < 4.78 is 0. The monoisotopic (exact) mass is 258 g/mol. The molecule has 1 aromatic rings. The molecule has 19 heavy (non-hydrogen) atoms. The zero-order valence-electron chi connectivity index (χ0n) is 11.6. The van der Waals surface area contributed by atoms with Crippen LogP contribution < -0.4 is 5.32 Å². The van der Waals surface area contributed by atoms with E-state index in [9.17, 15) is 4.79 Å². The Bertz CT molecular complexity index is 477. The van der Waals surface area contributed by atoms with Gasteiger partial charge in [0, 0.05) is 11.6 Å². The molecule has 3 nitrogen and oxygen atoms in total. The molecule has 0 saturated carbocycles. The first-order chi connectivity index (χ1) is 9.27. The van der Waals surface area contributed by atoms with Gasteiger partial charge in [-0.2, -0.15) is 0 Å². The van der Waals surface area contributed by atoms with Crippen LogP contribution in [-0.2, 0) is 11.2 Å². The number of pyridine rings is 1. The Morgan fingerprint density at radius 3 is 3.00 bits per heavy atom. The number of piperidine rings is 1. The SMILES string of the molecule is CCC1(C(=O)C2CCc3cccnc32)CCNCC1. The van der Waals surface area contributed by atoms with Gasteiger partial charge in [-0.1, -0.05) is 13.0 Å². The van der Waals surface area contributed by atoms with Gasteiger partial charge in [0.2, 0.25) is 0 Å². The van der Waals surface area contributed by atoms with Crippen molar-refractivity contribution in [2.24, 2.45) is 5.41 Å². The van der Waals surface area contributed by atoms with Gasteiger partial charge in [-0.25, -0.2) is 0 Å². The molecule has 2 heterocycles. The lowest BCUT2D eigenvalue weighted by Gasteiger charge is -2.37. The topological polar surface area (TPSA) is 42.0 Å². The van der Waals surface area contributed by atoms with Crippen LogP contribution in [0, 0.1) is 5.41 Å². The lowest BCUT2D eigenvalue weighted by molar-refractivity contribution is -0.132. The largest absolute Gasteiger partial charge is 0.317 e. The summed E-state index contributed by atoms with van der Waals surface area (Å²) >= 11 is 0. The predicted molar refractivity (Wildman–Crippen MR) is 75.1 cm³/mol. The molecule has 0 spiro atoms. The van der Waals surface area contributed by atoms with Gasteiger partial charge in [0.25, 0.3) is 0 Å². The van der Waals surface area contributed by atoms with Crippen molar-refractivity contribution >= 4 is 5.78 Å². The average molecular weight is 258 g/mol. The minimum atomic E-state index is -0.102. The third kappa shape index (κ3) is 2.10. The van der Waals surface area contributed by atoms with Crippen LogP contribution in [0.3, 0.4) is 0 Å². The van der Waals surface area contributed by atoms with E-state index in [0.717, 1.165) is 50.9 Å². The maximum Gasteiger partial charge on any atom is 0.148 e. The first kappa shape index (κ1) is 12.8. The minimum Gasteiger partial charge on any atom is -0.317 e. The third-order valence-corrected chi connectivity index (χ3v) is 5.04. The summed E-state index contributed by atoms with van der Waals surface area (Å²) in [7, 11) is 0. The zero-order chi connectivity index (χ0) is 13.3. The van der Waals surface area contributed by atoms with Crippen LogP contribution in [0.15, 0.2) is 18.3 Å². The molecule has 1 aliphatic heterocycles. The standard InChI is InChI=1S/C16H22N2O/c1-2-16(7-10-17-11-8-16)15(19)13-6-5-12-4-3-9-18-14(12)13/h3-4,9,13,17H,2,5-8,10-11H2,1H3. The highest BCUT2D eigenvalue weighted by molar-refractivity contribution is 5.91. The number of carbonyl (C=O) groups is 1. The van der Waals surface area contributed by atoms with Gasteiger partial charge in [0.05, 0.1) is 11.6 Å². The van der Waals surface area contributed by atoms with E-state index in [0.29, 0.717) is 5.78 Å². The highest BCUT2D eigenvalue weighted by Gasteiger charge is 2.43. The van der Waals surface area contributed by atoms with Crippen LogP contribution in [0.4, 0.5) is 0 Å². The number of hydrogen-bond donors (Lipinski definition) is 1. The fraction of sp³-hybridized carbons (Fsp3) is 0.625. The molecule has 1 unspecified atom stereocenters. The fourth-order valence-corrected chi connectivity index (χ4v) is 3.72. The number of aryl methyl sites for hydroxylation is 1. The third-order valence-electron chi connectivity index (χ3n) is 5.04. The molecule has 1 fully saturated rings. The highest BCUT2D eigenvalue weighted by atomic mass is 16.1. The van der Waals surface area contributed by atoms with E-state index in [1.807, 2.05) is 12.3 Å². The summed E-state index contributed by atoms with van der Waals surface area (Å²) in [5.41, 5.74) is 2.23. The van der Waals surface area contributed by atoms with Crippen LogP contribution in [0.5, 0.6) is 0 Å². The normalized spacial score (nSPS) is 25.0. The minimum absolute atomic E-state index is 0.0502. The number of rotatable bonds is 3.